The van der Waals surface area contributed by atoms with E-state index in [1.54, 1.807) is 24.3 Å². The molecule has 0 aliphatic rings. The van der Waals surface area contributed by atoms with Gasteiger partial charge in [0.05, 0.1) is 11.5 Å². The Kier molecular flexibility index (Phi) is 4.08. The smallest absolute Gasteiger partial charge is 0.260 e. The van der Waals surface area contributed by atoms with Crippen molar-refractivity contribution >= 4 is 17.5 Å². The number of halogens is 1. The van der Waals surface area contributed by atoms with Crippen molar-refractivity contribution in [1.29, 1.82) is 0 Å². The Labute approximate surface area is 123 Å². The molecule has 4 N–H and O–H groups in total. The van der Waals surface area contributed by atoms with Gasteiger partial charge in [0.1, 0.15) is 0 Å². The molecule has 1 heterocycles. The van der Waals surface area contributed by atoms with Crippen LogP contribution in [0.4, 0.5) is 5.95 Å². The van der Waals surface area contributed by atoms with E-state index >= 15 is 0 Å². The highest BCUT2D eigenvalue weighted by molar-refractivity contribution is 6.30. The van der Waals surface area contributed by atoms with E-state index in [9.17, 15) is 20.0 Å². The van der Waals surface area contributed by atoms with Gasteiger partial charge in [0.2, 0.25) is 18.4 Å². The van der Waals surface area contributed by atoms with Crippen LogP contribution < -0.4 is 11.3 Å². The first kappa shape index (κ1) is 14.8. The van der Waals surface area contributed by atoms with Gasteiger partial charge in [-0.25, -0.2) is 0 Å². The van der Waals surface area contributed by atoms with Gasteiger partial charge in [-0.15, -0.1) is 0 Å². The van der Waals surface area contributed by atoms with E-state index in [-0.39, 0.29) is 11.5 Å². The summed E-state index contributed by atoms with van der Waals surface area (Å²) in [6.07, 6.45) is 0. The van der Waals surface area contributed by atoms with E-state index < -0.39 is 28.8 Å². The predicted molar refractivity (Wildman–Crippen MR) is 76.1 cm³/mol. The minimum absolute atomic E-state index is 0.205. The maximum absolute atomic E-state index is 11.9. The summed E-state index contributed by atoms with van der Waals surface area (Å²) >= 11 is 5.77. The number of aromatic nitrogens is 2. The number of nitrogens with zero attached hydrogens (tertiary/aromatic N) is 2. The fraction of sp³-hybridized carbons (Fsp3) is 0.167. The number of benzene rings is 1. The number of nitro groups is 1. The van der Waals surface area contributed by atoms with Gasteiger partial charge < -0.3 is 10.8 Å². The first-order valence-electron chi connectivity index (χ1n) is 5.84. The molecule has 9 heteroatoms. The number of anilines is 1. The van der Waals surface area contributed by atoms with Crippen LogP contribution in [0.15, 0.2) is 29.1 Å². The van der Waals surface area contributed by atoms with Crippen LogP contribution in [0.5, 0.6) is 5.88 Å². The van der Waals surface area contributed by atoms with Crippen molar-refractivity contribution in [2.24, 2.45) is 0 Å². The lowest BCUT2D eigenvalue weighted by Gasteiger charge is -2.14. The molecule has 2 rings (SSSR count). The van der Waals surface area contributed by atoms with E-state index in [0.717, 1.165) is 0 Å². The van der Waals surface area contributed by atoms with Crippen molar-refractivity contribution in [3.63, 3.8) is 0 Å². The molecule has 0 saturated carbocycles. The Hall–Kier alpha value is -2.61. The summed E-state index contributed by atoms with van der Waals surface area (Å²) in [5.41, 5.74) is 4.85. The lowest BCUT2D eigenvalue weighted by Crippen LogP contribution is -2.24. The SMILES string of the molecule is Nc1nc(O)c(C(C[N+](=O)[O-])c2ccc(Cl)cc2)c(=O)[nH]1. The van der Waals surface area contributed by atoms with Crippen molar-refractivity contribution in [3.05, 3.63) is 60.9 Å². The molecule has 0 saturated heterocycles. The van der Waals surface area contributed by atoms with Crippen molar-refractivity contribution < 1.29 is 10.0 Å². The van der Waals surface area contributed by atoms with Gasteiger partial charge in [0.25, 0.3) is 5.56 Å². The molecular formula is C12H11ClN4O4. The van der Waals surface area contributed by atoms with Crippen LogP contribution in [0.25, 0.3) is 0 Å². The number of nitrogen functional groups attached to an aromatic ring is 1. The maximum atomic E-state index is 11.9. The average Bonchev–Trinajstić information content (AvgIpc) is 2.37. The molecule has 0 spiro atoms. The first-order chi connectivity index (χ1) is 9.88. The summed E-state index contributed by atoms with van der Waals surface area (Å²) < 4.78 is 0. The van der Waals surface area contributed by atoms with E-state index in [4.69, 9.17) is 17.3 Å². The number of hydrogen-bond donors (Lipinski definition) is 3. The molecule has 110 valence electrons. The molecule has 1 aromatic carbocycles. The second-order valence-electron chi connectivity index (χ2n) is 4.31. The summed E-state index contributed by atoms with van der Waals surface area (Å²) in [6, 6.07) is 6.18. The molecule has 0 aliphatic heterocycles. The van der Waals surface area contributed by atoms with E-state index in [1.165, 1.54) is 0 Å². The molecule has 21 heavy (non-hydrogen) atoms. The molecule has 1 aromatic heterocycles. The third kappa shape index (κ3) is 3.29. The lowest BCUT2D eigenvalue weighted by molar-refractivity contribution is -0.481. The van der Waals surface area contributed by atoms with E-state index in [2.05, 4.69) is 9.97 Å². The topological polar surface area (TPSA) is 135 Å². The molecule has 0 aliphatic carbocycles. The summed E-state index contributed by atoms with van der Waals surface area (Å²) in [6.45, 7) is -0.579. The molecule has 0 fully saturated rings. The summed E-state index contributed by atoms with van der Waals surface area (Å²) in [4.78, 5) is 28.0. The largest absolute Gasteiger partial charge is 0.493 e. The van der Waals surface area contributed by atoms with E-state index in [0.29, 0.717) is 10.6 Å². The second kappa shape index (κ2) is 5.80. The monoisotopic (exact) mass is 310 g/mol. The normalized spacial score (nSPS) is 12.0. The Bertz CT molecular complexity index is 729. The van der Waals surface area contributed by atoms with Gasteiger partial charge >= 0.3 is 0 Å². The zero-order valence-corrected chi connectivity index (χ0v) is 11.4. The number of aromatic amines is 1. The van der Waals surface area contributed by atoms with Crippen LogP contribution in [0.2, 0.25) is 5.02 Å². The second-order valence-corrected chi connectivity index (χ2v) is 4.74. The molecule has 1 atom stereocenters. The first-order valence-corrected chi connectivity index (χ1v) is 6.22. The number of nitrogens with two attached hydrogens (primary N) is 1. The number of aromatic hydroxyl groups is 1. The van der Waals surface area contributed by atoms with Gasteiger partial charge in [0, 0.05) is 9.95 Å². The van der Waals surface area contributed by atoms with Gasteiger partial charge in [-0.05, 0) is 17.7 Å². The molecule has 2 aromatic rings. The van der Waals surface area contributed by atoms with Gasteiger partial charge in [-0.3, -0.25) is 19.9 Å². The fourth-order valence-electron chi connectivity index (χ4n) is 2.01. The zero-order chi connectivity index (χ0) is 15.6. The van der Waals surface area contributed by atoms with Crippen molar-refractivity contribution in [1.82, 2.24) is 9.97 Å². The number of rotatable bonds is 4. The quantitative estimate of drug-likeness (QED) is 0.572. The standard InChI is InChI=1S/C12H11ClN4O4/c13-7-3-1-6(2-4-7)8(5-17(20)21)9-10(18)15-12(14)16-11(9)19/h1-4,8H,5H2,(H4,14,15,16,18,19). The summed E-state index contributed by atoms with van der Waals surface area (Å²) in [5.74, 6) is -1.86. The van der Waals surface area contributed by atoms with Crippen molar-refractivity contribution in [3.8, 4) is 5.88 Å². The summed E-state index contributed by atoms with van der Waals surface area (Å²) in [5, 5.41) is 21.1. The summed E-state index contributed by atoms with van der Waals surface area (Å²) in [7, 11) is 0. The number of hydrogen-bond acceptors (Lipinski definition) is 6. The van der Waals surface area contributed by atoms with Crippen LogP contribution in [-0.4, -0.2) is 26.5 Å². The predicted octanol–water partition coefficient (Wildman–Crippen LogP) is 1.12. The average molecular weight is 311 g/mol. The number of H-pyrrole nitrogens is 1. The minimum Gasteiger partial charge on any atom is -0.493 e. The molecule has 0 bridgehead atoms. The highest BCUT2D eigenvalue weighted by Crippen LogP contribution is 2.28. The van der Waals surface area contributed by atoms with Crippen LogP contribution >= 0.6 is 11.6 Å². The minimum atomic E-state index is -0.964. The maximum Gasteiger partial charge on any atom is 0.260 e. The third-order valence-electron chi connectivity index (χ3n) is 2.91. The van der Waals surface area contributed by atoms with Gasteiger partial charge in [0.15, 0.2) is 0 Å². The Morgan fingerprint density at radius 3 is 2.57 bits per heavy atom. The molecule has 0 radical (unpaired) electrons. The van der Waals surface area contributed by atoms with Crippen LogP contribution in [0.3, 0.4) is 0 Å². The fourth-order valence-corrected chi connectivity index (χ4v) is 2.14. The van der Waals surface area contributed by atoms with Gasteiger partial charge in [-0.2, -0.15) is 4.98 Å². The van der Waals surface area contributed by atoms with Crippen LogP contribution in [-0.2, 0) is 0 Å². The molecular weight excluding hydrogens is 300 g/mol. The van der Waals surface area contributed by atoms with Crippen LogP contribution in [0.1, 0.15) is 17.0 Å². The van der Waals surface area contributed by atoms with Gasteiger partial charge in [-0.1, -0.05) is 23.7 Å². The molecule has 1 unspecified atom stereocenters. The Morgan fingerprint density at radius 1 is 1.43 bits per heavy atom. The third-order valence-corrected chi connectivity index (χ3v) is 3.16. The van der Waals surface area contributed by atoms with E-state index in [1.807, 2.05) is 0 Å². The Morgan fingerprint density at radius 2 is 2.05 bits per heavy atom. The zero-order valence-electron chi connectivity index (χ0n) is 10.6. The highest BCUT2D eigenvalue weighted by Gasteiger charge is 2.27. The van der Waals surface area contributed by atoms with Crippen molar-refractivity contribution in [2.45, 2.75) is 5.92 Å². The lowest BCUT2D eigenvalue weighted by atomic mass is 9.92. The number of nitrogens with one attached hydrogen (secondary N) is 1. The van der Waals surface area contributed by atoms with Crippen molar-refractivity contribution in [2.75, 3.05) is 12.3 Å². The molecule has 0 amide bonds. The molecule has 8 nitrogen and oxygen atoms in total. The van der Waals surface area contributed by atoms with Crippen LogP contribution in [0, 0.1) is 10.1 Å². The Balaban J connectivity index is 2.58. The highest BCUT2D eigenvalue weighted by atomic mass is 35.5.